The quantitative estimate of drug-likeness (QED) is 0.568. The first-order valence-electron chi connectivity index (χ1n) is 9.37. The molecule has 0 radical (unpaired) electrons. The summed E-state index contributed by atoms with van der Waals surface area (Å²) in [5, 5.41) is 0. The Bertz CT molecular complexity index is 937. The number of carbonyl (C=O) groups is 2. The molecule has 2 aromatic rings. The average molecular weight is 419 g/mol. The largest absolute Gasteiger partial charge is 0.372 e. The lowest BCUT2D eigenvalue weighted by molar-refractivity contribution is 0.0846. The molecular formula is C20H26N4O4S. The SMILES string of the molecule is CCNS(=O)(=O)c1ccc(C(=O)NNC(=O)c2ccc(N(CC)CC)cc2)cc1. The minimum absolute atomic E-state index is 0.0632. The summed E-state index contributed by atoms with van der Waals surface area (Å²) in [4.78, 5) is 26.6. The predicted octanol–water partition coefficient (Wildman–Crippen LogP) is 1.91. The molecular weight excluding hydrogens is 392 g/mol. The number of hydrogen-bond acceptors (Lipinski definition) is 5. The highest BCUT2D eigenvalue weighted by Gasteiger charge is 2.14. The Hall–Kier alpha value is -2.91. The number of rotatable bonds is 8. The first-order chi connectivity index (χ1) is 13.8. The summed E-state index contributed by atoms with van der Waals surface area (Å²) in [6.07, 6.45) is 0. The molecule has 0 unspecified atom stereocenters. The Balaban J connectivity index is 1.97. The fraction of sp³-hybridized carbons (Fsp3) is 0.300. The number of hydrogen-bond donors (Lipinski definition) is 3. The van der Waals surface area contributed by atoms with Gasteiger partial charge >= 0.3 is 0 Å². The Kier molecular flexibility index (Phi) is 7.74. The minimum atomic E-state index is -3.58. The third-order valence-corrected chi connectivity index (χ3v) is 5.87. The summed E-state index contributed by atoms with van der Waals surface area (Å²) in [7, 11) is -3.58. The number of nitrogens with zero attached hydrogens (tertiary/aromatic N) is 1. The van der Waals surface area contributed by atoms with Crippen molar-refractivity contribution in [1.29, 1.82) is 0 Å². The Morgan fingerprint density at radius 1 is 0.793 bits per heavy atom. The average Bonchev–Trinajstić information content (AvgIpc) is 2.73. The lowest BCUT2D eigenvalue weighted by Crippen LogP contribution is -2.41. The van der Waals surface area contributed by atoms with Gasteiger partial charge < -0.3 is 4.90 Å². The number of anilines is 1. The van der Waals surface area contributed by atoms with Crippen LogP contribution in [0.25, 0.3) is 0 Å². The van der Waals surface area contributed by atoms with E-state index in [2.05, 4.69) is 34.3 Å². The van der Waals surface area contributed by atoms with Gasteiger partial charge in [0.25, 0.3) is 11.8 Å². The van der Waals surface area contributed by atoms with Crippen molar-refractivity contribution in [3.8, 4) is 0 Å². The van der Waals surface area contributed by atoms with Crippen molar-refractivity contribution in [1.82, 2.24) is 15.6 Å². The maximum absolute atomic E-state index is 12.2. The van der Waals surface area contributed by atoms with E-state index in [1.54, 1.807) is 19.1 Å². The zero-order valence-corrected chi connectivity index (χ0v) is 17.5. The zero-order chi connectivity index (χ0) is 21.4. The second kappa shape index (κ2) is 10.0. The third-order valence-electron chi connectivity index (χ3n) is 4.31. The fourth-order valence-corrected chi connectivity index (χ4v) is 3.77. The highest BCUT2D eigenvalue weighted by molar-refractivity contribution is 7.89. The van der Waals surface area contributed by atoms with Gasteiger partial charge in [-0.3, -0.25) is 20.4 Å². The van der Waals surface area contributed by atoms with E-state index in [0.717, 1.165) is 18.8 Å². The summed E-state index contributed by atoms with van der Waals surface area (Å²) in [5.74, 6) is -0.999. The standard InChI is InChI=1S/C20H26N4O4S/c1-4-21-29(27,28)18-13-9-16(10-14-18)20(26)23-22-19(25)15-7-11-17(12-8-15)24(5-2)6-3/h7-14,21H,4-6H2,1-3H3,(H,22,25)(H,23,26). The van der Waals surface area contributed by atoms with E-state index in [1.807, 2.05) is 12.1 Å². The number of amides is 2. The molecule has 3 N–H and O–H groups in total. The molecule has 2 aromatic carbocycles. The van der Waals surface area contributed by atoms with Crippen LogP contribution in [0.4, 0.5) is 5.69 Å². The van der Waals surface area contributed by atoms with Gasteiger partial charge in [-0.1, -0.05) is 6.92 Å². The summed E-state index contributed by atoms with van der Waals surface area (Å²) in [6.45, 7) is 7.80. The second-order valence-corrected chi connectivity index (χ2v) is 7.92. The van der Waals surface area contributed by atoms with Crippen LogP contribution in [0.15, 0.2) is 53.4 Å². The fourth-order valence-electron chi connectivity index (χ4n) is 2.73. The van der Waals surface area contributed by atoms with Crippen molar-refractivity contribution < 1.29 is 18.0 Å². The van der Waals surface area contributed by atoms with Gasteiger partial charge in [0.15, 0.2) is 0 Å². The molecule has 0 fully saturated rings. The summed E-state index contributed by atoms with van der Waals surface area (Å²) in [5.41, 5.74) is 6.33. The van der Waals surface area contributed by atoms with E-state index >= 15 is 0 Å². The first-order valence-corrected chi connectivity index (χ1v) is 10.9. The van der Waals surface area contributed by atoms with E-state index in [4.69, 9.17) is 0 Å². The van der Waals surface area contributed by atoms with Crippen LogP contribution >= 0.6 is 0 Å². The van der Waals surface area contributed by atoms with Crippen LogP contribution < -0.4 is 20.5 Å². The highest BCUT2D eigenvalue weighted by Crippen LogP contribution is 2.15. The molecule has 2 rings (SSSR count). The van der Waals surface area contributed by atoms with E-state index in [-0.39, 0.29) is 17.0 Å². The van der Waals surface area contributed by atoms with Crippen LogP contribution in [0.1, 0.15) is 41.5 Å². The topological polar surface area (TPSA) is 108 Å². The number of carbonyl (C=O) groups excluding carboxylic acids is 2. The summed E-state index contributed by atoms with van der Waals surface area (Å²) in [6, 6.07) is 12.5. The maximum Gasteiger partial charge on any atom is 0.269 e. The van der Waals surface area contributed by atoms with Gasteiger partial charge in [-0.2, -0.15) is 0 Å². The lowest BCUT2D eigenvalue weighted by Gasteiger charge is -2.21. The van der Waals surface area contributed by atoms with E-state index in [0.29, 0.717) is 5.56 Å². The van der Waals surface area contributed by atoms with Gasteiger partial charge in [-0.25, -0.2) is 13.1 Å². The monoisotopic (exact) mass is 418 g/mol. The number of hydrazine groups is 1. The number of nitrogens with one attached hydrogen (secondary N) is 3. The molecule has 156 valence electrons. The van der Waals surface area contributed by atoms with Crippen molar-refractivity contribution in [2.75, 3.05) is 24.5 Å². The van der Waals surface area contributed by atoms with Crippen molar-refractivity contribution in [2.45, 2.75) is 25.7 Å². The Morgan fingerprint density at radius 2 is 1.24 bits per heavy atom. The third kappa shape index (κ3) is 5.78. The van der Waals surface area contributed by atoms with Gasteiger partial charge in [-0.05, 0) is 62.4 Å². The second-order valence-electron chi connectivity index (χ2n) is 6.15. The van der Waals surface area contributed by atoms with Crippen LogP contribution in [-0.2, 0) is 10.0 Å². The van der Waals surface area contributed by atoms with Gasteiger partial charge in [0.2, 0.25) is 10.0 Å². The first kappa shape index (κ1) is 22.4. The minimum Gasteiger partial charge on any atom is -0.372 e. The maximum atomic E-state index is 12.2. The van der Waals surface area contributed by atoms with E-state index < -0.39 is 21.8 Å². The molecule has 8 nitrogen and oxygen atoms in total. The van der Waals surface area contributed by atoms with Crippen molar-refractivity contribution in [3.05, 3.63) is 59.7 Å². The lowest BCUT2D eigenvalue weighted by atomic mass is 10.2. The molecule has 0 aliphatic carbocycles. The van der Waals surface area contributed by atoms with Gasteiger partial charge in [0.1, 0.15) is 0 Å². The van der Waals surface area contributed by atoms with Crippen molar-refractivity contribution in [2.24, 2.45) is 0 Å². The van der Waals surface area contributed by atoms with E-state index in [1.165, 1.54) is 24.3 Å². The normalized spacial score (nSPS) is 11.0. The molecule has 2 amide bonds. The molecule has 0 saturated carbocycles. The van der Waals surface area contributed by atoms with Gasteiger partial charge in [-0.15, -0.1) is 0 Å². The predicted molar refractivity (Wildman–Crippen MR) is 112 cm³/mol. The van der Waals surface area contributed by atoms with Gasteiger partial charge in [0.05, 0.1) is 4.90 Å². The summed E-state index contributed by atoms with van der Waals surface area (Å²) < 4.78 is 26.2. The Labute approximate surface area is 171 Å². The summed E-state index contributed by atoms with van der Waals surface area (Å²) >= 11 is 0. The van der Waals surface area contributed by atoms with Crippen molar-refractivity contribution >= 4 is 27.5 Å². The molecule has 9 heteroatoms. The van der Waals surface area contributed by atoms with Gasteiger partial charge in [0, 0.05) is 36.4 Å². The molecule has 0 aliphatic rings. The zero-order valence-electron chi connectivity index (χ0n) is 16.7. The highest BCUT2D eigenvalue weighted by atomic mass is 32.2. The molecule has 0 heterocycles. The molecule has 0 aromatic heterocycles. The number of sulfonamides is 1. The molecule has 29 heavy (non-hydrogen) atoms. The van der Waals surface area contributed by atoms with E-state index in [9.17, 15) is 18.0 Å². The van der Waals surface area contributed by atoms with Crippen LogP contribution in [0, 0.1) is 0 Å². The molecule has 0 aliphatic heterocycles. The van der Waals surface area contributed by atoms with Crippen LogP contribution in [0.5, 0.6) is 0 Å². The molecule has 0 atom stereocenters. The Morgan fingerprint density at radius 3 is 1.66 bits per heavy atom. The molecule has 0 saturated heterocycles. The van der Waals surface area contributed by atoms with Crippen LogP contribution in [0.2, 0.25) is 0 Å². The number of benzene rings is 2. The van der Waals surface area contributed by atoms with Crippen LogP contribution in [-0.4, -0.2) is 39.9 Å². The smallest absolute Gasteiger partial charge is 0.269 e. The molecule has 0 bridgehead atoms. The molecule has 0 spiro atoms. The van der Waals surface area contributed by atoms with Crippen LogP contribution in [0.3, 0.4) is 0 Å². The van der Waals surface area contributed by atoms with Crippen molar-refractivity contribution in [3.63, 3.8) is 0 Å².